The quantitative estimate of drug-likeness (QED) is 0.402. The van der Waals surface area contributed by atoms with Gasteiger partial charge in [-0.25, -0.2) is 13.6 Å². The Morgan fingerprint density at radius 2 is 1.50 bits per heavy atom. The maximum absolute atomic E-state index is 14.5. The molecule has 7 heteroatoms. The van der Waals surface area contributed by atoms with Gasteiger partial charge in [-0.15, -0.1) is 0 Å². The molecule has 0 fully saturated rings. The van der Waals surface area contributed by atoms with Gasteiger partial charge in [0.2, 0.25) is 0 Å². The van der Waals surface area contributed by atoms with Gasteiger partial charge in [0.15, 0.2) is 0 Å². The van der Waals surface area contributed by atoms with Crippen molar-refractivity contribution < 1.29 is 8.78 Å². The lowest BCUT2D eigenvalue weighted by molar-refractivity contribution is 0.459. The van der Waals surface area contributed by atoms with Crippen LogP contribution in [-0.4, -0.2) is 16.2 Å². The molecule has 0 amide bonds. The molecule has 4 rings (SSSR count). The van der Waals surface area contributed by atoms with Crippen LogP contribution in [0.3, 0.4) is 0 Å². The minimum atomic E-state index is -0.749. The Morgan fingerprint density at radius 1 is 0.889 bits per heavy atom. The smallest absolute Gasteiger partial charge is 0.312 e. The number of rotatable bonds is 7. The highest BCUT2D eigenvalue weighted by Gasteiger charge is 2.21. The van der Waals surface area contributed by atoms with Gasteiger partial charge < -0.3 is 5.32 Å². The standard InChI is InChI=1S/C29H29F2N3O2/c1-18-13-19(2)27(20(3)14-18)23-16-33(15-22-24(30)11-8-12-25(22)31)29(36)34(28(23)35)17-26(32-4)21-9-6-5-7-10-21/h5-14,16,26,32H,15,17H2,1-4H3/t26-/m0/s1. The van der Waals surface area contributed by atoms with Crippen LogP contribution in [0.25, 0.3) is 11.1 Å². The fourth-order valence-corrected chi connectivity index (χ4v) is 4.79. The Labute approximate surface area is 208 Å². The summed E-state index contributed by atoms with van der Waals surface area (Å²) in [5, 5.41) is 3.17. The fraction of sp³-hybridized carbons (Fsp3) is 0.241. The van der Waals surface area contributed by atoms with Crippen molar-refractivity contribution in [3.8, 4) is 11.1 Å². The molecule has 0 saturated heterocycles. The van der Waals surface area contributed by atoms with E-state index in [1.54, 1.807) is 7.05 Å². The second kappa shape index (κ2) is 10.4. The molecular weight excluding hydrogens is 460 g/mol. The van der Waals surface area contributed by atoms with Crippen molar-refractivity contribution in [3.05, 3.63) is 127 Å². The van der Waals surface area contributed by atoms with E-state index in [9.17, 15) is 18.4 Å². The first kappa shape index (κ1) is 25.3. The first-order valence-corrected chi connectivity index (χ1v) is 11.8. The van der Waals surface area contributed by atoms with E-state index < -0.39 is 22.9 Å². The van der Waals surface area contributed by atoms with Gasteiger partial charge in [-0.2, -0.15) is 0 Å². The summed E-state index contributed by atoms with van der Waals surface area (Å²) in [5.41, 5.74) is 3.43. The molecule has 0 aliphatic heterocycles. The molecule has 1 heterocycles. The molecule has 0 aliphatic rings. The molecule has 186 valence electrons. The van der Waals surface area contributed by atoms with Crippen molar-refractivity contribution in [2.75, 3.05) is 7.05 Å². The van der Waals surface area contributed by atoms with E-state index in [2.05, 4.69) is 5.32 Å². The zero-order valence-corrected chi connectivity index (χ0v) is 20.8. The summed E-state index contributed by atoms with van der Waals surface area (Å²) in [7, 11) is 1.76. The van der Waals surface area contributed by atoms with Crippen LogP contribution in [0.15, 0.2) is 76.4 Å². The molecule has 0 aliphatic carbocycles. The van der Waals surface area contributed by atoms with E-state index in [1.165, 1.54) is 16.8 Å². The van der Waals surface area contributed by atoms with E-state index in [0.29, 0.717) is 11.1 Å². The lowest BCUT2D eigenvalue weighted by atomic mass is 9.95. The van der Waals surface area contributed by atoms with Crippen LogP contribution in [0.4, 0.5) is 8.78 Å². The van der Waals surface area contributed by atoms with Gasteiger partial charge in [-0.05, 0) is 62.2 Å². The summed E-state index contributed by atoms with van der Waals surface area (Å²) < 4.78 is 31.4. The van der Waals surface area contributed by atoms with Gasteiger partial charge in [0, 0.05) is 11.8 Å². The van der Waals surface area contributed by atoms with E-state index >= 15 is 0 Å². The molecule has 1 atom stereocenters. The molecular formula is C29H29F2N3O2. The summed E-state index contributed by atoms with van der Waals surface area (Å²) in [6.07, 6.45) is 1.43. The maximum Gasteiger partial charge on any atom is 0.331 e. The Bertz CT molecular complexity index is 1480. The van der Waals surface area contributed by atoms with Crippen molar-refractivity contribution >= 4 is 0 Å². The third kappa shape index (κ3) is 4.93. The van der Waals surface area contributed by atoms with Crippen LogP contribution >= 0.6 is 0 Å². The predicted molar refractivity (Wildman–Crippen MR) is 138 cm³/mol. The van der Waals surface area contributed by atoms with Crippen molar-refractivity contribution in [1.82, 2.24) is 14.5 Å². The molecule has 1 aromatic heterocycles. The van der Waals surface area contributed by atoms with Gasteiger partial charge in [-0.3, -0.25) is 13.9 Å². The molecule has 4 aromatic rings. The van der Waals surface area contributed by atoms with Crippen LogP contribution in [-0.2, 0) is 13.1 Å². The largest absolute Gasteiger partial charge is 0.331 e. The number of aromatic nitrogens is 2. The summed E-state index contributed by atoms with van der Waals surface area (Å²) in [4.78, 5) is 27.3. The second-order valence-electron chi connectivity index (χ2n) is 9.09. The summed E-state index contributed by atoms with van der Waals surface area (Å²) in [5.74, 6) is -1.50. The first-order chi connectivity index (χ1) is 17.2. The molecule has 3 aromatic carbocycles. The van der Waals surface area contributed by atoms with Crippen molar-refractivity contribution in [2.45, 2.75) is 39.9 Å². The highest BCUT2D eigenvalue weighted by Crippen LogP contribution is 2.26. The molecule has 1 N–H and O–H groups in total. The fourth-order valence-electron chi connectivity index (χ4n) is 4.79. The van der Waals surface area contributed by atoms with Crippen LogP contribution in [0, 0.1) is 32.4 Å². The summed E-state index contributed by atoms with van der Waals surface area (Å²) in [6.45, 7) is 5.50. The van der Waals surface area contributed by atoms with Gasteiger partial charge >= 0.3 is 5.69 Å². The van der Waals surface area contributed by atoms with Crippen LogP contribution < -0.4 is 16.6 Å². The molecule has 0 spiro atoms. The number of hydrogen-bond donors (Lipinski definition) is 1. The third-order valence-electron chi connectivity index (χ3n) is 6.49. The molecule has 36 heavy (non-hydrogen) atoms. The van der Waals surface area contributed by atoms with Crippen LogP contribution in [0.1, 0.15) is 33.9 Å². The topological polar surface area (TPSA) is 56.0 Å². The minimum Gasteiger partial charge on any atom is -0.312 e. The maximum atomic E-state index is 14.5. The van der Waals surface area contributed by atoms with E-state index in [0.717, 1.165) is 39.0 Å². The Kier molecular flexibility index (Phi) is 7.31. The van der Waals surface area contributed by atoms with Crippen molar-refractivity contribution in [3.63, 3.8) is 0 Å². The SMILES string of the molecule is CN[C@@H](Cn1c(=O)c(-c2c(C)cc(C)cc2C)cn(Cc2c(F)cccc2F)c1=O)c1ccccc1. The van der Waals surface area contributed by atoms with Gasteiger partial charge in [0.1, 0.15) is 11.6 Å². The minimum absolute atomic E-state index is 0.0513. The zero-order chi connectivity index (χ0) is 26.0. The first-order valence-electron chi connectivity index (χ1n) is 11.8. The van der Waals surface area contributed by atoms with Crippen molar-refractivity contribution in [2.24, 2.45) is 0 Å². The molecule has 0 saturated carbocycles. The average Bonchev–Trinajstić information content (AvgIpc) is 2.84. The molecule has 0 unspecified atom stereocenters. The Morgan fingerprint density at radius 3 is 2.08 bits per heavy atom. The number of benzene rings is 3. The monoisotopic (exact) mass is 489 g/mol. The van der Waals surface area contributed by atoms with E-state index in [1.807, 2.05) is 63.2 Å². The number of hydrogen-bond acceptors (Lipinski definition) is 3. The second-order valence-corrected chi connectivity index (χ2v) is 9.09. The van der Waals surface area contributed by atoms with E-state index in [-0.39, 0.29) is 24.7 Å². The predicted octanol–water partition coefficient (Wildman–Crippen LogP) is 4.89. The normalized spacial score (nSPS) is 12.1. The summed E-state index contributed by atoms with van der Waals surface area (Å²) in [6, 6.07) is 16.7. The highest BCUT2D eigenvalue weighted by molar-refractivity contribution is 5.70. The third-order valence-corrected chi connectivity index (χ3v) is 6.49. The Balaban J connectivity index is 1.95. The Hall–Kier alpha value is -3.84. The van der Waals surface area contributed by atoms with Crippen LogP contribution in [0.2, 0.25) is 0 Å². The average molecular weight is 490 g/mol. The number of likely N-dealkylation sites (N-methyl/N-ethyl adjacent to an activating group) is 1. The molecule has 5 nitrogen and oxygen atoms in total. The highest BCUT2D eigenvalue weighted by atomic mass is 19.1. The zero-order valence-electron chi connectivity index (χ0n) is 20.8. The lowest BCUT2D eigenvalue weighted by Gasteiger charge is -2.21. The number of halogens is 2. The van der Waals surface area contributed by atoms with Crippen LogP contribution in [0.5, 0.6) is 0 Å². The number of nitrogens with zero attached hydrogens (tertiary/aromatic N) is 2. The molecule has 0 bridgehead atoms. The lowest BCUT2D eigenvalue weighted by Crippen LogP contribution is -2.43. The number of nitrogens with one attached hydrogen (secondary N) is 1. The van der Waals surface area contributed by atoms with E-state index in [4.69, 9.17) is 0 Å². The van der Waals surface area contributed by atoms with Crippen molar-refractivity contribution in [1.29, 1.82) is 0 Å². The number of aryl methyl sites for hydroxylation is 3. The molecule has 0 radical (unpaired) electrons. The summed E-state index contributed by atoms with van der Waals surface area (Å²) >= 11 is 0. The van der Waals surface area contributed by atoms with Gasteiger partial charge in [0.05, 0.1) is 24.7 Å². The van der Waals surface area contributed by atoms with Gasteiger partial charge in [0.25, 0.3) is 5.56 Å². The van der Waals surface area contributed by atoms with Gasteiger partial charge in [-0.1, -0.05) is 54.1 Å².